The van der Waals surface area contributed by atoms with E-state index in [9.17, 15) is 0 Å². The van der Waals surface area contributed by atoms with Gasteiger partial charge in [0.15, 0.2) is 0 Å². The molecule has 1 aromatic heterocycles. The molecule has 1 fully saturated rings. The van der Waals surface area contributed by atoms with Gasteiger partial charge in [-0.25, -0.2) is 4.98 Å². The molecule has 0 spiro atoms. The van der Waals surface area contributed by atoms with Crippen LogP contribution in [0.2, 0.25) is 0 Å². The summed E-state index contributed by atoms with van der Waals surface area (Å²) in [4.78, 5) is 4.68. The zero-order valence-electron chi connectivity index (χ0n) is 11.1. The first-order chi connectivity index (χ1) is 9.35. The summed E-state index contributed by atoms with van der Waals surface area (Å²) >= 11 is 1.69. The highest BCUT2D eigenvalue weighted by atomic mass is 32.1. The number of hydrogen-bond acceptors (Lipinski definition) is 4. The number of aromatic nitrogens is 1. The minimum absolute atomic E-state index is 0.692. The van der Waals surface area contributed by atoms with E-state index in [2.05, 4.69) is 27.8 Å². The molecule has 0 saturated heterocycles. The van der Waals surface area contributed by atoms with E-state index in [1.165, 1.54) is 12.8 Å². The minimum Gasteiger partial charge on any atom is -0.494 e. The molecule has 0 bridgehead atoms. The molecule has 0 unspecified atom stereocenters. The van der Waals surface area contributed by atoms with E-state index in [4.69, 9.17) is 4.74 Å². The van der Waals surface area contributed by atoms with Gasteiger partial charge in [-0.05, 0) is 31.9 Å². The summed E-state index contributed by atoms with van der Waals surface area (Å²) in [6.07, 6.45) is 2.63. The molecule has 0 amide bonds. The van der Waals surface area contributed by atoms with Crippen LogP contribution in [-0.4, -0.2) is 17.6 Å². The van der Waals surface area contributed by atoms with E-state index < -0.39 is 0 Å². The molecule has 3 nitrogen and oxygen atoms in total. The van der Waals surface area contributed by atoms with Crippen LogP contribution in [-0.2, 0) is 6.54 Å². The molecule has 1 N–H and O–H groups in total. The predicted molar refractivity (Wildman–Crippen MR) is 78.6 cm³/mol. The molecule has 0 atom stereocenters. The molecular weight excluding hydrogens is 256 g/mol. The molecule has 1 saturated carbocycles. The molecular formula is C15H18N2OS. The standard InChI is InChI=1S/C15H18N2OS/c1-2-18-14-5-3-4-11(8-14)15-17-13(10-19-15)9-16-12-6-7-12/h3-5,8,10,12,16H,2,6-7,9H2,1H3. The molecule has 100 valence electrons. The summed E-state index contributed by atoms with van der Waals surface area (Å²) in [5, 5.41) is 6.69. The van der Waals surface area contributed by atoms with Crippen molar-refractivity contribution in [2.24, 2.45) is 0 Å². The van der Waals surface area contributed by atoms with Crippen molar-refractivity contribution in [1.29, 1.82) is 0 Å². The van der Waals surface area contributed by atoms with Crippen molar-refractivity contribution in [3.8, 4) is 16.3 Å². The minimum atomic E-state index is 0.692. The highest BCUT2D eigenvalue weighted by Gasteiger charge is 2.20. The second kappa shape index (κ2) is 5.72. The van der Waals surface area contributed by atoms with Gasteiger partial charge in [0.05, 0.1) is 12.3 Å². The number of nitrogens with one attached hydrogen (secondary N) is 1. The Balaban J connectivity index is 1.71. The van der Waals surface area contributed by atoms with Crippen LogP contribution in [0, 0.1) is 0 Å². The van der Waals surface area contributed by atoms with Crippen LogP contribution in [0.1, 0.15) is 25.5 Å². The second-order valence-corrected chi connectivity index (χ2v) is 5.62. The van der Waals surface area contributed by atoms with Gasteiger partial charge in [0, 0.05) is 23.5 Å². The first-order valence-corrected chi connectivity index (χ1v) is 7.64. The van der Waals surface area contributed by atoms with Crippen molar-refractivity contribution in [3.63, 3.8) is 0 Å². The fourth-order valence-corrected chi connectivity index (χ4v) is 2.76. The summed E-state index contributed by atoms with van der Waals surface area (Å²) in [5.74, 6) is 0.910. The lowest BCUT2D eigenvalue weighted by atomic mass is 10.2. The number of benzene rings is 1. The van der Waals surface area contributed by atoms with Crippen molar-refractivity contribution in [3.05, 3.63) is 35.3 Å². The van der Waals surface area contributed by atoms with Gasteiger partial charge in [-0.2, -0.15) is 0 Å². The molecule has 3 rings (SSSR count). The summed E-state index contributed by atoms with van der Waals surface area (Å²) in [6, 6.07) is 8.87. The lowest BCUT2D eigenvalue weighted by Gasteiger charge is -2.04. The highest BCUT2D eigenvalue weighted by Crippen LogP contribution is 2.27. The maximum absolute atomic E-state index is 5.53. The number of rotatable bonds is 6. The Labute approximate surface area is 117 Å². The van der Waals surface area contributed by atoms with Gasteiger partial charge >= 0.3 is 0 Å². The maximum atomic E-state index is 5.53. The van der Waals surface area contributed by atoms with Crippen molar-refractivity contribution < 1.29 is 4.74 Å². The van der Waals surface area contributed by atoms with E-state index in [1.807, 2.05) is 19.1 Å². The molecule has 0 aliphatic heterocycles. The van der Waals surface area contributed by atoms with E-state index in [0.717, 1.165) is 34.6 Å². The van der Waals surface area contributed by atoms with E-state index >= 15 is 0 Å². The van der Waals surface area contributed by atoms with E-state index in [1.54, 1.807) is 11.3 Å². The van der Waals surface area contributed by atoms with Crippen LogP contribution in [0.15, 0.2) is 29.6 Å². The first-order valence-electron chi connectivity index (χ1n) is 6.76. The van der Waals surface area contributed by atoms with Gasteiger partial charge in [0.2, 0.25) is 0 Å². The lowest BCUT2D eigenvalue weighted by Crippen LogP contribution is -2.15. The van der Waals surface area contributed by atoms with Crippen LogP contribution in [0.3, 0.4) is 0 Å². The van der Waals surface area contributed by atoms with Crippen LogP contribution in [0.25, 0.3) is 10.6 Å². The Morgan fingerprint density at radius 1 is 1.42 bits per heavy atom. The van der Waals surface area contributed by atoms with Gasteiger partial charge < -0.3 is 10.1 Å². The fourth-order valence-electron chi connectivity index (χ4n) is 1.94. The van der Waals surface area contributed by atoms with E-state index in [0.29, 0.717) is 6.61 Å². The average molecular weight is 274 g/mol. The third kappa shape index (κ3) is 3.33. The lowest BCUT2D eigenvalue weighted by molar-refractivity contribution is 0.340. The molecule has 19 heavy (non-hydrogen) atoms. The molecule has 1 heterocycles. The van der Waals surface area contributed by atoms with Crippen molar-refractivity contribution in [2.45, 2.75) is 32.4 Å². The first kappa shape index (κ1) is 12.6. The van der Waals surface area contributed by atoms with Crippen LogP contribution in [0.5, 0.6) is 5.75 Å². The summed E-state index contributed by atoms with van der Waals surface area (Å²) in [5.41, 5.74) is 2.27. The summed E-state index contributed by atoms with van der Waals surface area (Å²) in [6.45, 7) is 3.57. The van der Waals surface area contributed by atoms with Crippen LogP contribution in [0.4, 0.5) is 0 Å². The Kier molecular flexibility index (Phi) is 3.80. The second-order valence-electron chi connectivity index (χ2n) is 4.76. The van der Waals surface area contributed by atoms with Gasteiger partial charge in [0.1, 0.15) is 10.8 Å². The van der Waals surface area contributed by atoms with Gasteiger partial charge in [0.25, 0.3) is 0 Å². The Bertz CT molecular complexity index is 549. The maximum Gasteiger partial charge on any atom is 0.123 e. The molecule has 0 radical (unpaired) electrons. The third-order valence-corrected chi connectivity index (χ3v) is 4.03. The molecule has 2 aromatic rings. The Hall–Kier alpha value is -1.39. The molecule has 1 aromatic carbocycles. The average Bonchev–Trinajstić information content (AvgIpc) is 3.14. The topological polar surface area (TPSA) is 34.1 Å². The monoisotopic (exact) mass is 274 g/mol. The smallest absolute Gasteiger partial charge is 0.123 e. The summed E-state index contributed by atoms with van der Waals surface area (Å²) in [7, 11) is 0. The Morgan fingerprint density at radius 2 is 2.32 bits per heavy atom. The zero-order chi connectivity index (χ0) is 13.1. The number of nitrogens with zero attached hydrogens (tertiary/aromatic N) is 1. The van der Waals surface area contributed by atoms with Gasteiger partial charge in [-0.3, -0.25) is 0 Å². The van der Waals surface area contributed by atoms with Crippen LogP contribution < -0.4 is 10.1 Å². The van der Waals surface area contributed by atoms with Crippen molar-refractivity contribution in [2.75, 3.05) is 6.61 Å². The van der Waals surface area contributed by atoms with Gasteiger partial charge in [-0.15, -0.1) is 11.3 Å². The fraction of sp³-hybridized carbons (Fsp3) is 0.400. The number of thiazole rings is 1. The summed E-state index contributed by atoms with van der Waals surface area (Å²) < 4.78 is 5.53. The normalized spacial score (nSPS) is 14.6. The van der Waals surface area contributed by atoms with Crippen molar-refractivity contribution >= 4 is 11.3 Å². The third-order valence-electron chi connectivity index (χ3n) is 3.09. The molecule has 1 aliphatic carbocycles. The molecule has 1 aliphatic rings. The highest BCUT2D eigenvalue weighted by molar-refractivity contribution is 7.13. The molecule has 4 heteroatoms. The SMILES string of the molecule is CCOc1cccc(-c2nc(CNC3CC3)cs2)c1. The zero-order valence-corrected chi connectivity index (χ0v) is 11.9. The number of hydrogen-bond donors (Lipinski definition) is 1. The van der Waals surface area contributed by atoms with Crippen LogP contribution >= 0.6 is 11.3 Å². The largest absolute Gasteiger partial charge is 0.494 e. The van der Waals surface area contributed by atoms with E-state index in [-0.39, 0.29) is 0 Å². The van der Waals surface area contributed by atoms with Crippen molar-refractivity contribution in [1.82, 2.24) is 10.3 Å². The Morgan fingerprint density at radius 3 is 3.11 bits per heavy atom. The quantitative estimate of drug-likeness (QED) is 0.876. The number of ether oxygens (including phenoxy) is 1. The van der Waals surface area contributed by atoms with Gasteiger partial charge in [-0.1, -0.05) is 12.1 Å². The predicted octanol–water partition coefficient (Wildman–Crippen LogP) is 3.46.